The Balaban J connectivity index is 1.01. The van der Waals surface area contributed by atoms with Crippen LogP contribution in [0.15, 0.2) is 221 Å². The lowest BCUT2D eigenvalue weighted by molar-refractivity contribution is 0.669. The first-order chi connectivity index (χ1) is 29.2. The van der Waals surface area contributed by atoms with E-state index in [1.807, 2.05) is 12.1 Å². The Labute approximate surface area is 340 Å². The molecule has 3 nitrogen and oxygen atoms in total. The summed E-state index contributed by atoms with van der Waals surface area (Å²) in [5.41, 5.74) is 13.7. The Kier molecular flexibility index (Phi) is 7.54. The van der Waals surface area contributed by atoms with Crippen LogP contribution in [0.4, 0.5) is 17.1 Å². The molecule has 12 aromatic rings. The number of nitrogens with zero attached hydrogens (tertiary/aromatic N) is 1. The van der Waals surface area contributed by atoms with E-state index in [-0.39, 0.29) is 0 Å². The van der Waals surface area contributed by atoms with Crippen molar-refractivity contribution in [3.8, 4) is 33.4 Å². The summed E-state index contributed by atoms with van der Waals surface area (Å²) in [5, 5.41) is 9.19. The topological polar surface area (TPSA) is 29.5 Å². The predicted molar refractivity (Wildman–Crippen MR) is 247 cm³/mol. The van der Waals surface area contributed by atoms with Crippen molar-refractivity contribution in [3.63, 3.8) is 0 Å². The van der Waals surface area contributed by atoms with Gasteiger partial charge in [0, 0.05) is 32.9 Å². The van der Waals surface area contributed by atoms with Crippen molar-refractivity contribution in [1.29, 1.82) is 0 Å². The van der Waals surface area contributed by atoms with Crippen molar-refractivity contribution in [2.45, 2.75) is 0 Å². The molecule has 0 fully saturated rings. The van der Waals surface area contributed by atoms with E-state index in [1.165, 1.54) is 27.5 Å². The highest BCUT2D eigenvalue weighted by Gasteiger charge is 2.22. The molecule has 0 aliphatic rings. The van der Waals surface area contributed by atoms with E-state index in [0.717, 1.165) is 88.4 Å². The zero-order chi connectivity index (χ0) is 38.9. The second kappa shape index (κ2) is 13.4. The maximum absolute atomic E-state index is 6.71. The van der Waals surface area contributed by atoms with E-state index in [9.17, 15) is 0 Å². The average molecular weight is 754 g/mol. The van der Waals surface area contributed by atoms with E-state index < -0.39 is 0 Å². The second-order valence-corrected chi connectivity index (χ2v) is 15.2. The van der Waals surface area contributed by atoms with Crippen molar-refractivity contribution in [1.82, 2.24) is 0 Å². The Morgan fingerprint density at radius 2 is 0.898 bits per heavy atom. The van der Waals surface area contributed by atoms with Gasteiger partial charge in [0.1, 0.15) is 22.3 Å². The molecule has 0 aliphatic carbocycles. The van der Waals surface area contributed by atoms with Crippen molar-refractivity contribution < 1.29 is 8.83 Å². The molecule has 0 aliphatic heterocycles. The van der Waals surface area contributed by atoms with Crippen LogP contribution < -0.4 is 4.90 Å². The van der Waals surface area contributed by atoms with Gasteiger partial charge in [-0.25, -0.2) is 0 Å². The van der Waals surface area contributed by atoms with Gasteiger partial charge in [0.05, 0.1) is 11.1 Å². The van der Waals surface area contributed by atoms with Gasteiger partial charge in [-0.1, -0.05) is 158 Å². The van der Waals surface area contributed by atoms with Gasteiger partial charge in [-0.3, -0.25) is 0 Å². The van der Waals surface area contributed by atoms with E-state index in [1.54, 1.807) is 0 Å². The van der Waals surface area contributed by atoms with Gasteiger partial charge in [0.2, 0.25) is 0 Å². The molecular formula is C56H35NO2. The average Bonchev–Trinajstić information content (AvgIpc) is 3.89. The SMILES string of the molecule is c1cc(-c2cccc3oc4ccccc4c23)cc(N(c2ccc(-c3ccc(-c4cccc5ccccc45)cc3)cc2)c2cccc3oc4c5ccccc5ccc4c23)c1. The smallest absolute Gasteiger partial charge is 0.143 e. The van der Waals surface area contributed by atoms with Gasteiger partial charge < -0.3 is 13.7 Å². The minimum Gasteiger partial charge on any atom is -0.456 e. The number of benzene rings is 10. The van der Waals surface area contributed by atoms with Gasteiger partial charge in [0.15, 0.2) is 0 Å². The minimum absolute atomic E-state index is 0.854. The quantitative estimate of drug-likeness (QED) is 0.169. The Bertz CT molecular complexity index is 3550. The van der Waals surface area contributed by atoms with Crippen molar-refractivity contribution in [2.75, 3.05) is 4.90 Å². The molecule has 0 bridgehead atoms. The fourth-order valence-electron chi connectivity index (χ4n) is 9.10. The molecule has 2 heterocycles. The van der Waals surface area contributed by atoms with Crippen LogP contribution in [-0.2, 0) is 0 Å². The van der Waals surface area contributed by atoms with Crippen molar-refractivity contribution >= 4 is 82.5 Å². The maximum atomic E-state index is 6.71. The number of anilines is 3. The zero-order valence-electron chi connectivity index (χ0n) is 32.0. The van der Waals surface area contributed by atoms with Crippen molar-refractivity contribution in [3.05, 3.63) is 212 Å². The fraction of sp³-hybridized carbons (Fsp3) is 0. The third kappa shape index (κ3) is 5.44. The van der Waals surface area contributed by atoms with Crippen LogP contribution in [0.1, 0.15) is 0 Å². The molecule has 0 spiro atoms. The molecule has 0 atom stereocenters. The molecule has 2 aromatic heterocycles. The highest BCUT2D eigenvalue weighted by atomic mass is 16.3. The largest absolute Gasteiger partial charge is 0.456 e. The molecule has 12 rings (SSSR count). The predicted octanol–water partition coefficient (Wildman–Crippen LogP) is 16.3. The normalized spacial score (nSPS) is 11.7. The monoisotopic (exact) mass is 753 g/mol. The minimum atomic E-state index is 0.854. The van der Waals surface area contributed by atoms with Crippen LogP contribution in [-0.4, -0.2) is 0 Å². The van der Waals surface area contributed by atoms with Crippen LogP contribution >= 0.6 is 0 Å². The molecule has 0 saturated heterocycles. The zero-order valence-corrected chi connectivity index (χ0v) is 32.0. The lowest BCUT2D eigenvalue weighted by Gasteiger charge is -2.27. The summed E-state index contributed by atoms with van der Waals surface area (Å²) in [6.07, 6.45) is 0. The highest BCUT2D eigenvalue weighted by Crippen LogP contribution is 2.46. The lowest BCUT2D eigenvalue weighted by Crippen LogP contribution is -2.10. The number of para-hydroxylation sites is 1. The molecule has 3 heteroatoms. The van der Waals surface area contributed by atoms with Gasteiger partial charge in [-0.2, -0.15) is 0 Å². The van der Waals surface area contributed by atoms with E-state index in [4.69, 9.17) is 8.83 Å². The summed E-state index contributed by atoms with van der Waals surface area (Å²) in [7, 11) is 0. The number of hydrogen-bond acceptors (Lipinski definition) is 3. The Morgan fingerprint density at radius 1 is 0.305 bits per heavy atom. The molecular weight excluding hydrogens is 719 g/mol. The van der Waals surface area contributed by atoms with Gasteiger partial charge in [-0.05, 0) is 104 Å². The summed E-state index contributed by atoms with van der Waals surface area (Å²) in [4.78, 5) is 2.37. The first-order valence-electron chi connectivity index (χ1n) is 20.1. The van der Waals surface area contributed by atoms with E-state index in [2.05, 4.69) is 205 Å². The summed E-state index contributed by atoms with van der Waals surface area (Å²) in [6.45, 7) is 0. The van der Waals surface area contributed by atoms with E-state index in [0.29, 0.717) is 0 Å². The van der Waals surface area contributed by atoms with Crippen LogP contribution in [0, 0.1) is 0 Å². The summed E-state index contributed by atoms with van der Waals surface area (Å²) in [6, 6.07) is 75.7. The van der Waals surface area contributed by atoms with Gasteiger partial charge in [0.25, 0.3) is 0 Å². The molecule has 276 valence electrons. The van der Waals surface area contributed by atoms with Crippen LogP contribution in [0.25, 0.3) is 98.8 Å². The van der Waals surface area contributed by atoms with Crippen LogP contribution in [0.3, 0.4) is 0 Å². The highest BCUT2D eigenvalue weighted by molar-refractivity contribution is 6.20. The summed E-state index contributed by atoms with van der Waals surface area (Å²) >= 11 is 0. The number of furan rings is 2. The Hall–Kier alpha value is -7.88. The second-order valence-electron chi connectivity index (χ2n) is 15.2. The van der Waals surface area contributed by atoms with E-state index >= 15 is 0 Å². The van der Waals surface area contributed by atoms with Gasteiger partial charge >= 0.3 is 0 Å². The Morgan fingerprint density at radius 3 is 1.73 bits per heavy atom. The molecule has 0 N–H and O–H groups in total. The molecule has 0 unspecified atom stereocenters. The van der Waals surface area contributed by atoms with Crippen LogP contribution in [0.5, 0.6) is 0 Å². The lowest BCUT2D eigenvalue weighted by atomic mass is 9.96. The number of rotatable bonds is 6. The summed E-state index contributed by atoms with van der Waals surface area (Å²) in [5.74, 6) is 0. The molecule has 0 saturated carbocycles. The maximum Gasteiger partial charge on any atom is 0.143 e. The molecule has 0 radical (unpaired) electrons. The first kappa shape index (κ1) is 33.3. The van der Waals surface area contributed by atoms with Gasteiger partial charge in [-0.15, -0.1) is 0 Å². The fourth-order valence-corrected chi connectivity index (χ4v) is 9.10. The number of hydrogen-bond donors (Lipinski definition) is 0. The number of fused-ring (bicyclic) bond motifs is 9. The van der Waals surface area contributed by atoms with Crippen molar-refractivity contribution in [2.24, 2.45) is 0 Å². The standard InChI is InChI=1S/C56H35NO2/c1-3-16-44-38(11-1)13-8-19-45(44)40-27-25-36(26-28-40)37-29-32-42(33-30-37)57(50-21-10-24-53-55(50)49-34-31-39-12-2-4-17-47(39)56(49)59-53)43-15-7-14-41(35-43)46-20-9-23-52-54(46)48-18-5-6-22-51(48)58-52/h1-35H. The molecule has 0 amide bonds. The third-order valence-corrected chi connectivity index (χ3v) is 11.9. The summed E-state index contributed by atoms with van der Waals surface area (Å²) < 4.78 is 13.0. The first-order valence-corrected chi connectivity index (χ1v) is 20.1. The van der Waals surface area contributed by atoms with Crippen LogP contribution in [0.2, 0.25) is 0 Å². The third-order valence-electron chi connectivity index (χ3n) is 11.9. The molecule has 59 heavy (non-hydrogen) atoms. The molecule has 10 aromatic carbocycles.